The number of carbonyl (C=O) groups is 1. The number of amides is 1. The first kappa shape index (κ1) is 14.6. The number of rotatable bonds is 2. The van der Waals surface area contributed by atoms with Crippen LogP contribution in [0.4, 0.5) is 0 Å². The number of sulfonamides is 1. The van der Waals surface area contributed by atoms with E-state index >= 15 is 0 Å². The first-order valence-corrected chi connectivity index (χ1v) is 8.62. The minimum absolute atomic E-state index is 0.0447. The molecule has 1 amide bonds. The molecule has 0 fully saturated rings. The first-order chi connectivity index (χ1) is 9.91. The van der Waals surface area contributed by atoms with Gasteiger partial charge in [-0.15, -0.1) is 0 Å². The lowest BCUT2D eigenvalue weighted by Gasteiger charge is -2.16. The van der Waals surface area contributed by atoms with Gasteiger partial charge in [0, 0.05) is 9.50 Å². The monoisotopic (exact) mass is 385 g/mol. The highest BCUT2D eigenvalue weighted by atomic mass is 79.9. The summed E-state index contributed by atoms with van der Waals surface area (Å²) in [5, 5.41) is 0.406. The largest absolute Gasteiger partial charge is 0.269 e. The molecule has 7 heteroatoms. The quantitative estimate of drug-likeness (QED) is 0.794. The third-order valence-electron chi connectivity index (χ3n) is 3.24. The van der Waals surface area contributed by atoms with E-state index in [1.165, 1.54) is 12.1 Å². The van der Waals surface area contributed by atoms with Crippen molar-refractivity contribution in [1.82, 2.24) is 4.31 Å². The van der Waals surface area contributed by atoms with Crippen LogP contribution in [0.2, 0.25) is 5.02 Å². The van der Waals surface area contributed by atoms with Crippen molar-refractivity contribution < 1.29 is 13.2 Å². The summed E-state index contributed by atoms with van der Waals surface area (Å²) in [5.41, 5.74) is 0.773. The standard InChI is InChI=1S/C14H9BrClNO3S/c15-10-6-5-9(12(16)7-10)8-17-14(18)11-3-1-2-4-13(11)21(17,19)20/h1-7H,8H2. The predicted octanol–water partition coefficient (Wildman–Crippen LogP) is 3.45. The van der Waals surface area contributed by atoms with Crippen LogP contribution < -0.4 is 0 Å². The number of halogens is 2. The molecule has 0 radical (unpaired) electrons. The Hall–Kier alpha value is -1.37. The van der Waals surface area contributed by atoms with E-state index in [-0.39, 0.29) is 17.0 Å². The van der Waals surface area contributed by atoms with E-state index < -0.39 is 15.9 Å². The smallest absolute Gasteiger partial charge is 0.268 e. The van der Waals surface area contributed by atoms with Gasteiger partial charge in [-0.2, -0.15) is 0 Å². The van der Waals surface area contributed by atoms with Crippen LogP contribution >= 0.6 is 27.5 Å². The Bertz CT molecular complexity index is 851. The van der Waals surface area contributed by atoms with E-state index in [9.17, 15) is 13.2 Å². The number of hydrogen-bond donors (Lipinski definition) is 0. The molecular weight excluding hydrogens is 378 g/mol. The second kappa shape index (κ2) is 5.12. The van der Waals surface area contributed by atoms with Gasteiger partial charge in [-0.3, -0.25) is 4.79 Å². The Morgan fingerprint density at radius 2 is 1.86 bits per heavy atom. The van der Waals surface area contributed by atoms with E-state index in [0.29, 0.717) is 10.6 Å². The van der Waals surface area contributed by atoms with Crippen LogP contribution in [-0.4, -0.2) is 18.6 Å². The van der Waals surface area contributed by atoms with Crippen molar-refractivity contribution in [2.75, 3.05) is 0 Å². The molecule has 2 aromatic carbocycles. The third-order valence-corrected chi connectivity index (χ3v) is 5.87. The molecule has 0 spiro atoms. The first-order valence-electron chi connectivity index (χ1n) is 6.01. The summed E-state index contributed by atoms with van der Waals surface area (Å²) in [6.45, 7) is -0.0814. The molecule has 4 nitrogen and oxygen atoms in total. The molecule has 2 aromatic rings. The van der Waals surface area contributed by atoms with Crippen LogP contribution in [0, 0.1) is 0 Å². The van der Waals surface area contributed by atoms with E-state index in [1.807, 2.05) is 0 Å². The molecule has 0 saturated heterocycles. The molecule has 0 aromatic heterocycles. The fourth-order valence-corrected chi connectivity index (χ4v) is 4.47. The van der Waals surface area contributed by atoms with E-state index in [0.717, 1.165) is 8.78 Å². The third kappa shape index (κ3) is 2.37. The fraction of sp³-hybridized carbons (Fsp3) is 0.0714. The molecule has 3 rings (SSSR count). The molecule has 1 aliphatic heterocycles. The Balaban J connectivity index is 2.03. The number of nitrogens with zero attached hydrogens (tertiary/aromatic N) is 1. The van der Waals surface area contributed by atoms with Gasteiger partial charge in [0.25, 0.3) is 15.9 Å². The van der Waals surface area contributed by atoms with E-state index in [2.05, 4.69) is 15.9 Å². The van der Waals surface area contributed by atoms with Crippen molar-refractivity contribution in [3.8, 4) is 0 Å². The molecule has 0 N–H and O–H groups in total. The molecule has 1 aliphatic rings. The summed E-state index contributed by atoms with van der Waals surface area (Å²) in [7, 11) is -3.81. The van der Waals surface area contributed by atoms with Crippen LogP contribution in [-0.2, 0) is 16.6 Å². The minimum atomic E-state index is -3.81. The maximum absolute atomic E-state index is 12.4. The van der Waals surface area contributed by atoms with Gasteiger partial charge in [-0.05, 0) is 29.8 Å². The molecule has 0 aliphatic carbocycles. The fourth-order valence-electron chi connectivity index (χ4n) is 2.19. The van der Waals surface area contributed by atoms with Gasteiger partial charge in [0.05, 0.1) is 12.1 Å². The average molecular weight is 387 g/mol. The second-order valence-corrected chi connectivity index (χ2v) is 7.70. The summed E-state index contributed by atoms with van der Waals surface area (Å²) in [5.74, 6) is -0.524. The van der Waals surface area contributed by atoms with E-state index in [1.54, 1.807) is 30.3 Å². The number of fused-ring (bicyclic) bond motifs is 1. The van der Waals surface area contributed by atoms with Crippen LogP contribution in [0.15, 0.2) is 51.8 Å². The van der Waals surface area contributed by atoms with Gasteiger partial charge in [0.2, 0.25) is 0 Å². The van der Waals surface area contributed by atoms with Crippen LogP contribution in [0.1, 0.15) is 15.9 Å². The van der Waals surface area contributed by atoms with Crippen molar-refractivity contribution in [2.24, 2.45) is 0 Å². The highest BCUT2D eigenvalue weighted by Crippen LogP contribution is 2.32. The van der Waals surface area contributed by atoms with Gasteiger partial charge < -0.3 is 0 Å². The van der Waals surface area contributed by atoms with Gasteiger partial charge in [-0.25, -0.2) is 12.7 Å². The molecule has 1 heterocycles. The molecule has 0 saturated carbocycles. The zero-order valence-corrected chi connectivity index (χ0v) is 13.7. The summed E-state index contributed by atoms with van der Waals surface area (Å²) < 4.78 is 26.5. The van der Waals surface area contributed by atoms with Crippen LogP contribution in [0.5, 0.6) is 0 Å². The lowest BCUT2D eigenvalue weighted by atomic mass is 10.2. The van der Waals surface area contributed by atoms with Crippen molar-refractivity contribution in [3.05, 3.63) is 63.1 Å². The minimum Gasteiger partial charge on any atom is -0.268 e. The van der Waals surface area contributed by atoms with Crippen molar-refractivity contribution >= 4 is 43.5 Å². The molecule has 0 unspecified atom stereocenters. The van der Waals surface area contributed by atoms with Crippen LogP contribution in [0.25, 0.3) is 0 Å². The molecule has 108 valence electrons. The molecule has 0 atom stereocenters. The van der Waals surface area contributed by atoms with Crippen LogP contribution in [0.3, 0.4) is 0 Å². The molecule has 21 heavy (non-hydrogen) atoms. The maximum atomic E-state index is 12.4. The Morgan fingerprint density at radius 1 is 1.14 bits per heavy atom. The summed E-state index contributed by atoms with van der Waals surface area (Å²) in [4.78, 5) is 12.3. The Morgan fingerprint density at radius 3 is 2.52 bits per heavy atom. The highest BCUT2D eigenvalue weighted by molar-refractivity contribution is 9.10. The normalized spacial score (nSPS) is 16.1. The van der Waals surface area contributed by atoms with Crippen molar-refractivity contribution in [3.63, 3.8) is 0 Å². The summed E-state index contributed by atoms with van der Waals surface area (Å²) in [6, 6.07) is 11.3. The number of hydrogen-bond acceptors (Lipinski definition) is 3. The average Bonchev–Trinajstić information content (AvgIpc) is 2.63. The number of carbonyl (C=O) groups excluding carboxylic acids is 1. The molecular formula is C14H9BrClNO3S. The van der Waals surface area contributed by atoms with Crippen molar-refractivity contribution in [2.45, 2.75) is 11.4 Å². The topological polar surface area (TPSA) is 54.5 Å². The number of benzene rings is 2. The summed E-state index contributed by atoms with van der Waals surface area (Å²) in [6.07, 6.45) is 0. The second-order valence-electron chi connectivity index (χ2n) is 4.55. The van der Waals surface area contributed by atoms with E-state index in [4.69, 9.17) is 11.6 Å². The predicted molar refractivity (Wildman–Crippen MR) is 82.7 cm³/mol. The maximum Gasteiger partial charge on any atom is 0.269 e. The van der Waals surface area contributed by atoms with Gasteiger partial charge in [0.15, 0.2) is 0 Å². The Kier molecular flexibility index (Phi) is 3.55. The van der Waals surface area contributed by atoms with Gasteiger partial charge in [0.1, 0.15) is 4.90 Å². The zero-order chi connectivity index (χ0) is 15.2. The lowest BCUT2D eigenvalue weighted by Crippen LogP contribution is -2.29. The Labute approximate surface area is 135 Å². The lowest BCUT2D eigenvalue weighted by molar-refractivity contribution is 0.0865. The SMILES string of the molecule is O=C1c2ccccc2S(=O)(=O)N1Cc1ccc(Br)cc1Cl. The highest BCUT2D eigenvalue weighted by Gasteiger charge is 2.40. The van der Waals surface area contributed by atoms with Gasteiger partial charge >= 0.3 is 0 Å². The summed E-state index contributed by atoms with van der Waals surface area (Å²) >= 11 is 9.38. The van der Waals surface area contributed by atoms with Gasteiger partial charge in [-0.1, -0.05) is 45.7 Å². The molecule has 0 bridgehead atoms. The zero-order valence-electron chi connectivity index (χ0n) is 10.6. The van der Waals surface area contributed by atoms with Crippen molar-refractivity contribution in [1.29, 1.82) is 0 Å².